The van der Waals surface area contributed by atoms with E-state index in [1.54, 1.807) is 31.9 Å². The number of benzene rings is 1. The summed E-state index contributed by atoms with van der Waals surface area (Å²) < 4.78 is 5.37. The predicted octanol–water partition coefficient (Wildman–Crippen LogP) is 3.34. The third-order valence-corrected chi connectivity index (χ3v) is 7.65. The predicted molar refractivity (Wildman–Crippen MR) is 140 cm³/mol. The molecule has 2 aliphatic rings. The van der Waals surface area contributed by atoms with Gasteiger partial charge in [-0.3, -0.25) is 9.59 Å². The summed E-state index contributed by atoms with van der Waals surface area (Å²) in [6.07, 6.45) is 0.919. The molecule has 5 atom stereocenters. The van der Waals surface area contributed by atoms with E-state index in [-0.39, 0.29) is 29.1 Å². The molecule has 10 heteroatoms. The van der Waals surface area contributed by atoms with Gasteiger partial charge in [0, 0.05) is 17.3 Å². The molecule has 2 fully saturated rings. The van der Waals surface area contributed by atoms with Crippen LogP contribution < -0.4 is 10.6 Å². The van der Waals surface area contributed by atoms with Gasteiger partial charge in [-0.1, -0.05) is 52.0 Å². The van der Waals surface area contributed by atoms with Crippen LogP contribution in [-0.4, -0.2) is 57.2 Å². The van der Waals surface area contributed by atoms with E-state index in [1.165, 1.54) is 0 Å². The van der Waals surface area contributed by atoms with Gasteiger partial charge in [0.2, 0.25) is 11.8 Å². The molecular weight excluding hydrogens is 484 g/mol. The number of likely N-dealkylation sites (tertiary alicyclic amines) is 1. The minimum atomic E-state index is -1.04. The van der Waals surface area contributed by atoms with Gasteiger partial charge >= 0.3 is 6.09 Å². The first-order valence-electron chi connectivity index (χ1n) is 13.0. The number of hydrogen-bond acceptors (Lipinski definition) is 7. The topological polar surface area (TPSA) is 137 Å². The fraction of sp³-hybridized carbons (Fsp3) is 0.571. The summed E-state index contributed by atoms with van der Waals surface area (Å²) in [5, 5.41) is 25.2. The van der Waals surface area contributed by atoms with E-state index in [0.717, 1.165) is 10.8 Å². The number of aromatic nitrogens is 2. The largest absolute Gasteiger partial charge is 0.444 e. The van der Waals surface area contributed by atoms with Crippen molar-refractivity contribution in [2.45, 2.75) is 72.2 Å². The number of hydrogen-bond donors (Lipinski definition) is 2. The Kier molecular flexibility index (Phi) is 7.08. The van der Waals surface area contributed by atoms with Crippen LogP contribution in [0.3, 0.4) is 0 Å². The van der Waals surface area contributed by atoms with Crippen LogP contribution >= 0.6 is 0 Å². The second-order valence-electron chi connectivity index (χ2n) is 12.1. The van der Waals surface area contributed by atoms with Crippen LogP contribution in [0.2, 0.25) is 0 Å². The van der Waals surface area contributed by atoms with E-state index >= 15 is 0 Å². The normalized spacial score (nSPS) is 23.2. The van der Waals surface area contributed by atoms with Crippen molar-refractivity contribution >= 4 is 28.7 Å². The summed E-state index contributed by atoms with van der Waals surface area (Å²) in [4.78, 5) is 41.6. The Hall–Kier alpha value is -3.74. The fourth-order valence-electron chi connectivity index (χ4n) is 5.59. The minimum absolute atomic E-state index is 0.0567. The number of nitrogens with one attached hydrogen (secondary N) is 2. The Labute approximate surface area is 223 Å². The van der Waals surface area contributed by atoms with Crippen molar-refractivity contribution in [1.29, 1.82) is 5.26 Å². The monoisotopic (exact) mass is 520 g/mol. The Bertz CT molecular complexity index is 1290. The van der Waals surface area contributed by atoms with E-state index in [9.17, 15) is 19.6 Å². The highest BCUT2D eigenvalue weighted by atomic mass is 16.6. The molecule has 1 aromatic carbocycles. The second kappa shape index (κ2) is 9.86. The lowest BCUT2D eigenvalue weighted by Crippen LogP contribution is -2.57. The number of ether oxygens (including phenoxy) is 1. The molecule has 202 valence electrons. The zero-order chi connectivity index (χ0) is 28.0. The smallest absolute Gasteiger partial charge is 0.408 e. The third kappa shape index (κ3) is 5.15. The highest BCUT2D eigenvalue weighted by Crippen LogP contribution is 2.65. The summed E-state index contributed by atoms with van der Waals surface area (Å²) in [7, 11) is 0. The third-order valence-electron chi connectivity index (χ3n) is 7.65. The molecule has 4 rings (SSSR count). The van der Waals surface area contributed by atoms with Crippen LogP contribution in [0.15, 0.2) is 30.5 Å². The average Bonchev–Trinajstić information content (AvgIpc) is 3.16. The molecule has 1 saturated heterocycles. The van der Waals surface area contributed by atoms with E-state index < -0.39 is 35.7 Å². The fourth-order valence-corrected chi connectivity index (χ4v) is 5.59. The lowest BCUT2D eigenvalue weighted by atomic mass is 9.97. The number of rotatable bonds is 6. The summed E-state index contributed by atoms with van der Waals surface area (Å²) in [5.74, 6) is -0.903. The molecule has 10 nitrogen and oxygen atoms in total. The van der Waals surface area contributed by atoms with Crippen LogP contribution in [-0.2, 0) is 14.3 Å². The van der Waals surface area contributed by atoms with Gasteiger partial charge in [-0.25, -0.2) is 4.79 Å². The molecule has 3 amide bonds. The number of amides is 3. The Balaban J connectivity index is 1.58. The van der Waals surface area contributed by atoms with Gasteiger partial charge < -0.3 is 20.3 Å². The van der Waals surface area contributed by atoms with Gasteiger partial charge in [0.25, 0.3) is 0 Å². The summed E-state index contributed by atoms with van der Waals surface area (Å²) in [6.45, 7) is 13.5. The van der Waals surface area contributed by atoms with Crippen molar-refractivity contribution in [2.75, 3.05) is 6.54 Å². The number of nitrogens with zero attached hydrogens (tertiary/aromatic N) is 4. The molecule has 2 heterocycles. The second-order valence-corrected chi connectivity index (χ2v) is 12.1. The Morgan fingerprint density at radius 2 is 1.87 bits per heavy atom. The standard InChI is InChI=1S/C28H36N6O4/c1-15(2)21(32-26(37)38-27(3,4)5)25(36)34-14-18-20(28(18,6)7)23(34)24(35)31-19(12-29)22-17-11-9-8-10-16(17)13-30-33-22/h8-11,13,15,18-21,23H,14H2,1-7H3,(H,31,35)(H,32,37)/t18-,19?,20-,21?,23-/m0/s1. The van der Waals surface area contributed by atoms with Crippen molar-refractivity contribution in [2.24, 2.45) is 23.2 Å². The SMILES string of the molecule is CC(C)C(NC(=O)OC(C)(C)C)C(=O)N1C[C@H]2[C@@H]([C@H]1C(=O)NC(C#N)c1nncc3ccccc13)C2(C)C. The number of carbonyl (C=O) groups is 3. The highest BCUT2D eigenvalue weighted by molar-refractivity contribution is 5.94. The number of nitriles is 1. The molecule has 2 unspecified atom stereocenters. The van der Waals surface area contributed by atoms with Gasteiger partial charge in [-0.2, -0.15) is 15.5 Å². The average molecular weight is 521 g/mol. The summed E-state index contributed by atoms with van der Waals surface area (Å²) >= 11 is 0. The van der Waals surface area contributed by atoms with Crippen LogP contribution in [0, 0.1) is 34.5 Å². The van der Waals surface area contributed by atoms with Crippen molar-refractivity contribution in [3.8, 4) is 6.07 Å². The first kappa shape index (κ1) is 27.3. The van der Waals surface area contributed by atoms with Gasteiger partial charge in [0.05, 0.1) is 12.3 Å². The first-order valence-corrected chi connectivity index (χ1v) is 13.0. The maximum atomic E-state index is 13.8. The summed E-state index contributed by atoms with van der Waals surface area (Å²) in [6, 6.07) is 6.85. The quantitative estimate of drug-likeness (QED) is 0.596. The first-order chi connectivity index (χ1) is 17.8. The number of alkyl carbamates (subject to hydrolysis) is 1. The molecule has 38 heavy (non-hydrogen) atoms. The maximum Gasteiger partial charge on any atom is 0.408 e. The van der Waals surface area contributed by atoms with Crippen molar-refractivity contribution in [3.63, 3.8) is 0 Å². The molecule has 1 aliphatic heterocycles. The Morgan fingerprint density at radius 1 is 1.18 bits per heavy atom. The lowest BCUT2D eigenvalue weighted by Gasteiger charge is -2.34. The lowest BCUT2D eigenvalue weighted by molar-refractivity contribution is -0.142. The van der Waals surface area contributed by atoms with Crippen LogP contribution in [0.25, 0.3) is 10.8 Å². The Morgan fingerprint density at radius 3 is 2.50 bits per heavy atom. The molecule has 1 saturated carbocycles. The van der Waals surface area contributed by atoms with E-state index in [2.05, 4.69) is 40.7 Å². The molecule has 0 bridgehead atoms. The molecule has 2 N–H and O–H groups in total. The maximum absolute atomic E-state index is 13.8. The van der Waals surface area contributed by atoms with Crippen molar-refractivity contribution in [1.82, 2.24) is 25.7 Å². The van der Waals surface area contributed by atoms with Crippen molar-refractivity contribution in [3.05, 3.63) is 36.2 Å². The zero-order valence-corrected chi connectivity index (χ0v) is 23.0. The van der Waals surface area contributed by atoms with Gasteiger partial charge in [0.1, 0.15) is 23.4 Å². The van der Waals surface area contributed by atoms with E-state index in [4.69, 9.17) is 4.74 Å². The number of carbonyl (C=O) groups excluding carboxylic acids is 3. The zero-order valence-electron chi connectivity index (χ0n) is 23.0. The highest BCUT2D eigenvalue weighted by Gasteiger charge is 2.69. The van der Waals surface area contributed by atoms with Crippen LogP contribution in [0.5, 0.6) is 0 Å². The van der Waals surface area contributed by atoms with Crippen LogP contribution in [0.4, 0.5) is 4.79 Å². The van der Waals surface area contributed by atoms with Gasteiger partial charge in [-0.05, 0) is 43.9 Å². The number of piperidine rings is 1. The molecule has 0 spiro atoms. The van der Waals surface area contributed by atoms with Gasteiger partial charge in [-0.15, -0.1) is 0 Å². The number of fused-ring (bicyclic) bond motifs is 2. The molecule has 1 aliphatic carbocycles. The van der Waals surface area contributed by atoms with Crippen LogP contribution in [0.1, 0.15) is 60.2 Å². The van der Waals surface area contributed by atoms with E-state index in [1.807, 2.05) is 38.1 Å². The summed E-state index contributed by atoms with van der Waals surface area (Å²) in [5.41, 5.74) is -0.479. The van der Waals surface area contributed by atoms with E-state index in [0.29, 0.717) is 12.2 Å². The molecule has 1 aromatic heterocycles. The van der Waals surface area contributed by atoms with Crippen molar-refractivity contribution < 1.29 is 19.1 Å². The van der Waals surface area contributed by atoms with Gasteiger partial charge in [0.15, 0.2) is 6.04 Å². The minimum Gasteiger partial charge on any atom is -0.444 e. The molecular formula is C28H36N6O4. The molecule has 0 radical (unpaired) electrons. The molecule has 2 aromatic rings.